The summed E-state index contributed by atoms with van der Waals surface area (Å²) >= 11 is 0. The summed E-state index contributed by atoms with van der Waals surface area (Å²) in [5, 5.41) is 0. The lowest BCUT2D eigenvalue weighted by Gasteiger charge is -2.21. The average molecular weight is 555 g/mol. The van der Waals surface area contributed by atoms with Gasteiger partial charge in [-0.3, -0.25) is 0 Å². The minimum Gasteiger partial charge on any atom is -0.494 e. The summed E-state index contributed by atoms with van der Waals surface area (Å²) in [6.45, 7) is 8.38. The summed E-state index contributed by atoms with van der Waals surface area (Å²) in [5.74, 6) is 0.692. The molecule has 0 bridgehead atoms. The molecule has 2 aromatic heterocycles. The summed E-state index contributed by atoms with van der Waals surface area (Å²) < 4.78 is 35.6. The van der Waals surface area contributed by atoms with E-state index in [-0.39, 0.29) is 17.3 Å². The maximum atomic E-state index is 13.9. The van der Waals surface area contributed by atoms with Gasteiger partial charge in [0.05, 0.1) is 17.0 Å². The third-order valence-electron chi connectivity index (χ3n) is 6.67. The van der Waals surface area contributed by atoms with Gasteiger partial charge in [-0.15, -0.1) is 12.4 Å². The molecular formula is C31H39ClN2O3S. The number of fused-ring (bicyclic) bond motifs is 1. The number of unbranched alkanes of at least 4 members (excludes halogenated alkanes) is 2. The fourth-order valence-corrected chi connectivity index (χ4v) is 6.25. The van der Waals surface area contributed by atoms with E-state index >= 15 is 0 Å². The summed E-state index contributed by atoms with van der Waals surface area (Å²) in [4.78, 5) is 3.12. The number of pyridine rings is 1. The Balaban J connectivity index is 0.00000400. The molecular weight excluding hydrogens is 516 g/mol. The van der Waals surface area contributed by atoms with Crippen LogP contribution in [0, 0.1) is 0 Å². The lowest BCUT2D eigenvalue weighted by atomic mass is 10.1. The fraction of sp³-hybridized carbons (Fsp3) is 0.355. The molecule has 2 heterocycles. The molecule has 4 aromatic rings. The van der Waals surface area contributed by atoms with Gasteiger partial charge >= 0.3 is 0 Å². The fourth-order valence-electron chi connectivity index (χ4n) is 4.61. The van der Waals surface area contributed by atoms with Crippen molar-refractivity contribution in [3.63, 3.8) is 0 Å². The van der Waals surface area contributed by atoms with Crippen LogP contribution in [0.2, 0.25) is 0 Å². The van der Waals surface area contributed by atoms with Crippen molar-refractivity contribution in [2.75, 3.05) is 26.2 Å². The molecule has 5 nitrogen and oxygen atoms in total. The molecule has 0 amide bonds. The van der Waals surface area contributed by atoms with Crippen molar-refractivity contribution in [1.29, 1.82) is 0 Å². The molecule has 0 saturated heterocycles. The Morgan fingerprint density at radius 2 is 1.42 bits per heavy atom. The average Bonchev–Trinajstić information content (AvgIpc) is 3.33. The summed E-state index contributed by atoms with van der Waals surface area (Å²) in [7, 11) is -3.76. The second-order valence-electron chi connectivity index (χ2n) is 9.46. The molecule has 0 spiro atoms. The van der Waals surface area contributed by atoms with Gasteiger partial charge in [-0.1, -0.05) is 63.1 Å². The van der Waals surface area contributed by atoms with Gasteiger partial charge in [-0.2, -0.15) is 0 Å². The van der Waals surface area contributed by atoms with Crippen LogP contribution in [0.4, 0.5) is 0 Å². The van der Waals surface area contributed by atoms with Gasteiger partial charge in [-0.25, -0.2) is 8.42 Å². The molecule has 0 unspecified atom stereocenters. The maximum Gasteiger partial charge on any atom is 0.209 e. The molecule has 0 N–H and O–H groups in total. The zero-order valence-electron chi connectivity index (χ0n) is 22.4. The van der Waals surface area contributed by atoms with Crippen LogP contribution in [0.3, 0.4) is 0 Å². The van der Waals surface area contributed by atoms with E-state index in [1.54, 1.807) is 24.3 Å². The van der Waals surface area contributed by atoms with Crippen molar-refractivity contribution in [2.24, 2.45) is 0 Å². The van der Waals surface area contributed by atoms with Gasteiger partial charge in [0, 0.05) is 24.5 Å². The van der Waals surface area contributed by atoms with E-state index in [9.17, 15) is 8.42 Å². The lowest BCUT2D eigenvalue weighted by molar-refractivity contribution is 0.229. The molecule has 0 aliphatic carbocycles. The number of benzene rings is 2. The highest BCUT2D eigenvalue weighted by Gasteiger charge is 2.26. The zero-order chi connectivity index (χ0) is 26.1. The Hall–Kier alpha value is -2.80. The first-order chi connectivity index (χ1) is 18.0. The van der Waals surface area contributed by atoms with Crippen molar-refractivity contribution in [2.45, 2.75) is 55.7 Å². The van der Waals surface area contributed by atoms with Crippen molar-refractivity contribution in [3.05, 3.63) is 85.2 Å². The van der Waals surface area contributed by atoms with Gasteiger partial charge in [0.1, 0.15) is 10.6 Å². The second-order valence-corrected chi connectivity index (χ2v) is 11.3. The second kappa shape index (κ2) is 14.4. The van der Waals surface area contributed by atoms with Crippen LogP contribution >= 0.6 is 12.4 Å². The predicted octanol–water partition coefficient (Wildman–Crippen LogP) is 7.53. The molecule has 7 heteroatoms. The Kier molecular flexibility index (Phi) is 11.3. The third-order valence-corrected chi connectivity index (χ3v) is 8.53. The van der Waals surface area contributed by atoms with Crippen LogP contribution in [0.15, 0.2) is 95.0 Å². The van der Waals surface area contributed by atoms with Gasteiger partial charge in [-0.05, 0) is 74.3 Å². The van der Waals surface area contributed by atoms with Gasteiger partial charge in [0.2, 0.25) is 9.84 Å². The highest BCUT2D eigenvalue weighted by molar-refractivity contribution is 7.91. The number of nitrogens with zero attached hydrogens (tertiary/aromatic N) is 2. The minimum atomic E-state index is -3.76. The summed E-state index contributed by atoms with van der Waals surface area (Å²) in [5.41, 5.74) is 2.23. The Morgan fingerprint density at radius 3 is 2.08 bits per heavy atom. The standard InChI is InChI=1S/C31H38N2O3S.ClH/c1-3-5-20-32(21-6-4-2)22-12-24-36-27-16-18-28(19-17-27)37(34,35)31-29(26-13-8-7-9-14-26)25-33-23-11-10-15-30(31)33;/h7-11,13-19,23,25H,3-6,12,20-22,24H2,1-2H3;1H. The predicted molar refractivity (Wildman–Crippen MR) is 158 cm³/mol. The molecule has 0 aliphatic heterocycles. The maximum absolute atomic E-state index is 13.9. The van der Waals surface area contributed by atoms with Crippen molar-refractivity contribution in [1.82, 2.24) is 9.30 Å². The quantitative estimate of drug-likeness (QED) is 0.151. The van der Waals surface area contributed by atoms with Crippen molar-refractivity contribution in [3.8, 4) is 16.9 Å². The number of hydrogen-bond acceptors (Lipinski definition) is 4. The van der Waals surface area contributed by atoms with Crippen LogP contribution < -0.4 is 4.74 Å². The monoisotopic (exact) mass is 554 g/mol. The topological polar surface area (TPSA) is 51.0 Å². The normalized spacial score (nSPS) is 11.6. The van der Waals surface area contributed by atoms with Gasteiger partial charge < -0.3 is 14.0 Å². The smallest absolute Gasteiger partial charge is 0.209 e. The Bertz CT molecular complexity index is 1360. The van der Waals surface area contributed by atoms with E-state index in [0.717, 1.165) is 31.6 Å². The first-order valence-corrected chi connectivity index (χ1v) is 14.9. The van der Waals surface area contributed by atoms with Crippen LogP contribution in [-0.4, -0.2) is 44.0 Å². The Morgan fingerprint density at radius 1 is 0.789 bits per heavy atom. The molecule has 0 saturated carbocycles. The van der Waals surface area contributed by atoms with E-state index in [0.29, 0.717) is 28.3 Å². The number of sulfone groups is 1. The number of rotatable bonds is 14. The highest BCUT2D eigenvalue weighted by Crippen LogP contribution is 2.36. The van der Waals surface area contributed by atoms with Crippen LogP contribution in [0.1, 0.15) is 46.0 Å². The number of hydrogen-bond donors (Lipinski definition) is 0. The van der Waals surface area contributed by atoms with E-state index < -0.39 is 9.84 Å². The molecule has 0 fully saturated rings. The van der Waals surface area contributed by atoms with Crippen LogP contribution in [-0.2, 0) is 9.84 Å². The minimum absolute atomic E-state index is 0. The van der Waals surface area contributed by atoms with Gasteiger partial charge in [0.25, 0.3) is 0 Å². The van der Waals surface area contributed by atoms with E-state index in [1.807, 2.05) is 65.3 Å². The molecule has 204 valence electrons. The molecule has 2 aromatic carbocycles. The largest absolute Gasteiger partial charge is 0.494 e. The number of ether oxygens (including phenoxy) is 1. The number of halogens is 1. The SMILES string of the molecule is CCCCN(CCCC)CCCOc1ccc(S(=O)(=O)c2c(-c3ccccc3)cn3ccccc23)cc1.Cl. The van der Waals surface area contributed by atoms with Crippen LogP contribution in [0.25, 0.3) is 16.6 Å². The Labute approximate surface area is 233 Å². The van der Waals surface area contributed by atoms with E-state index in [4.69, 9.17) is 4.74 Å². The molecule has 0 atom stereocenters. The molecule has 38 heavy (non-hydrogen) atoms. The third kappa shape index (κ3) is 7.19. The van der Waals surface area contributed by atoms with Crippen molar-refractivity contribution >= 4 is 27.8 Å². The van der Waals surface area contributed by atoms with E-state index in [2.05, 4.69) is 18.7 Å². The van der Waals surface area contributed by atoms with E-state index in [1.165, 1.54) is 25.7 Å². The first kappa shape index (κ1) is 29.8. The number of aromatic nitrogens is 1. The van der Waals surface area contributed by atoms with Gasteiger partial charge in [0.15, 0.2) is 0 Å². The summed E-state index contributed by atoms with van der Waals surface area (Å²) in [6, 6.07) is 22.1. The summed E-state index contributed by atoms with van der Waals surface area (Å²) in [6.07, 6.45) is 9.58. The first-order valence-electron chi connectivity index (χ1n) is 13.4. The molecule has 0 radical (unpaired) electrons. The van der Waals surface area contributed by atoms with Crippen molar-refractivity contribution < 1.29 is 13.2 Å². The lowest BCUT2D eigenvalue weighted by Crippen LogP contribution is -2.28. The molecule has 4 rings (SSSR count). The zero-order valence-corrected chi connectivity index (χ0v) is 24.0. The van der Waals surface area contributed by atoms with Crippen LogP contribution in [0.5, 0.6) is 5.75 Å². The molecule has 0 aliphatic rings. The highest BCUT2D eigenvalue weighted by atomic mass is 35.5.